The van der Waals surface area contributed by atoms with Crippen LogP contribution in [0.25, 0.3) is 43.6 Å². The van der Waals surface area contributed by atoms with Crippen LogP contribution in [0.1, 0.15) is 172 Å². The molecule has 34 N–H and O–H groups in total. The first-order chi connectivity index (χ1) is 71.1. The van der Waals surface area contributed by atoms with Crippen LogP contribution in [-0.2, 0) is 97.6 Å². The van der Waals surface area contributed by atoms with E-state index < -0.39 is 185 Å². The van der Waals surface area contributed by atoms with Crippen molar-refractivity contribution in [3.8, 4) is 0 Å². The number of nitrogens with two attached hydrogens (primary N) is 7. The number of aromatic nitrogens is 4. The molecule has 0 spiro atoms. The molecule has 4 aromatic carbocycles. The molecule has 0 saturated carbocycles. The number of carbonyl (C=O) groups excluding carboxylic acids is 15. The summed E-state index contributed by atoms with van der Waals surface area (Å²) in [6, 6.07) is 9.08. The largest absolute Gasteiger partial charge is 0.370 e. The maximum atomic E-state index is 16.2. The van der Waals surface area contributed by atoms with Gasteiger partial charge in [-0.25, -0.2) is 0 Å². The number of amides is 15. The van der Waals surface area contributed by atoms with Gasteiger partial charge in [0, 0.05) is 132 Å². The molecule has 10 rings (SSSR count). The van der Waals surface area contributed by atoms with Crippen LogP contribution < -0.4 is 115 Å². The SMILES string of the molecule is CC[C@H](C)[C@H](N)C(=O)N[C@@H](CS)C(=O)N[C@@H](CC(C)C)C(=O)N[C@@H](CCCCN)C(=O)N[C@@H](CCCCN)C(=O)N[C@@H](Cc1c[nH]c2ccccc12)C(=O)N1CCC[C@H]1C(=O)N[C@@H](Cc1c[nH]c2ccccc12)C(=O)N[C@@H](Cc1c[nH]c2ccccc12)C(=O)N1CCC[C@H]1C(=O)N[C@@H](Cc1c[nH]c2ccccc12)C(=O)N[C@@H](CCCNC(=N)N)C(=O)N[C@@H](CCCNC(=N)N)C(=O)N[C@@H](CS)C(=O)N[C@@H](CCCCN)C(N)=O. The lowest BCUT2D eigenvalue weighted by Crippen LogP contribution is -2.61. The Labute approximate surface area is 870 Å². The molecule has 2 fully saturated rings. The van der Waals surface area contributed by atoms with Crippen molar-refractivity contribution in [1.29, 1.82) is 10.8 Å². The van der Waals surface area contributed by atoms with E-state index in [0.29, 0.717) is 112 Å². The monoisotopic (exact) mass is 2080 g/mol. The number of thiol groups is 2. The molecule has 44 nitrogen and oxygen atoms in total. The van der Waals surface area contributed by atoms with Gasteiger partial charge in [-0.1, -0.05) is 107 Å². The van der Waals surface area contributed by atoms with Gasteiger partial charge in [0.05, 0.1) is 6.04 Å². The Morgan fingerprint density at radius 2 is 0.642 bits per heavy atom. The zero-order valence-corrected chi connectivity index (χ0v) is 86.2. The number of carbonyl (C=O) groups is 15. The second-order valence-electron chi connectivity index (χ2n) is 38.5. The van der Waals surface area contributed by atoms with Crippen molar-refractivity contribution in [2.75, 3.05) is 57.3 Å². The average Bonchev–Trinajstić information content (AvgIpc) is 1.63. The smallest absolute Gasteiger partial charge is 0.246 e. The van der Waals surface area contributed by atoms with Crippen molar-refractivity contribution < 1.29 is 71.9 Å². The standard InChI is InChI=1S/C102H149N29O15S2/c1-5-58(4)85(106)98(144)129-82(56-148)95(141)123-76(46-57(2)3)91(137)121-72(33-15-18-40-104)87(133)119-73(34-16-19-41-105)89(135)126-79(49-61-53-116-69-30-12-8-26-65(61)69)99(145)130-44-22-38-84(130)97(143)125-78(48-60-52-115-68-29-11-7-25-64(60)68)93(139)127-80(50-62-54-117-70-31-13-9-27-66(62)70)100(146)131-45-23-37-83(131)96(142)124-77(47-59-51-114-67-28-10-6-24-63(59)67)92(138)122-74(35-20-42-112-101(108)109)88(134)120-75(36-21-43-113-102(110)111)90(136)128-81(55-147)94(140)118-71(86(107)132)32-14-17-39-103/h6-13,24-31,51-54,57-58,71-85,114-117,147-148H,5,14-23,32-50,55-56,103-106H2,1-4H3,(H2,107,132)(H,118,140)(H,119,133)(H,120,134)(H,121,137)(H,122,138)(H,123,141)(H,124,142)(H,125,143)(H,126,135)(H,127,139)(H,128,136)(H,129,144)(H4,108,109,112)(H4,110,111,113)/t58-,71-,72-,73-,74-,75-,76-,77-,78-,79-,80-,81-,82-,83-,84-,85-/m0/s1. The molecule has 804 valence electrons. The predicted octanol–water partition coefficient (Wildman–Crippen LogP) is 0.360. The fourth-order valence-corrected chi connectivity index (χ4v) is 19.2. The zero-order chi connectivity index (χ0) is 107. The maximum Gasteiger partial charge on any atom is 0.246 e. The van der Waals surface area contributed by atoms with E-state index in [4.69, 9.17) is 51.0 Å². The lowest BCUT2D eigenvalue weighted by atomic mass is 9.99. The number of nitrogens with zero attached hydrogens (tertiary/aromatic N) is 2. The maximum absolute atomic E-state index is 16.2. The first-order valence-corrected chi connectivity index (χ1v) is 52.3. The van der Waals surface area contributed by atoms with Crippen molar-refractivity contribution in [3.63, 3.8) is 0 Å². The number of hydrogen-bond acceptors (Lipinski definition) is 23. The highest BCUT2D eigenvalue weighted by atomic mass is 32.1. The fraction of sp³-hybridized carbons (Fsp3) is 0.520. The van der Waals surface area contributed by atoms with Gasteiger partial charge in [0.2, 0.25) is 88.6 Å². The van der Waals surface area contributed by atoms with E-state index in [1.54, 1.807) is 36.9 Å². The number of H-pyrrole nitrogens is 4. The molecule has 4 aromatic heterocycles. The number of fused-ring (bicyclic) bond motifs is 4. The Kier molecular flexibility index (Phi) is 45.5. The van der Waals surface area contributed by atoms with Crippen molar-refractivity contribution in [1.82, 2.24) is 104 Å². The van der Waals surface area contributed by atoms with Gasteiger partial charge >= 0.3 is 0 Å². The van der Waals surface area contributed by atoms with E-state index in [-0.39, 0.29) is 171 Å². The lowest BCUT2D eigenvalue weighted by Gasteiger charge is -2.32. The molecule has 2 saturated heterocycles. The van der Waals surface area contributed by atoms with Gasteiger partial charge in [-0.2, -0.15) is 25.3 Å². The molecule has 2 aliphatic heterocycles. The average molecular weight is 2090 g/mol. The lowest BCUT2D eigenvalue weighted by molar-refractivity contribution is -0.143. The number of primary amides is 1. The molecule has 46 heteroatoms. The van der Waals surface area contributed by atoms with Crippen molar-refractivity contribution in [2.45, 2.75) is 266 Å². The number of rotatable bonds is 61. The minimum absolute atomic E-state index is 0.000137. The summed E-state index contributed by atoms with van der Waals surface area (Å²) in [5.41, 5.74) is 45.9. The molecule has 6 heterocycles. The van der Waals surface area contributed by atoms with Gasteiger partial charge in [0.15, 0.2) is 11.9 Å². The minimum atomic E-state index is -1.53. The zero-order valence-electron chi connectivity index (χ0n) is 84.4. The Hall–Kier alpha value is -13.8. The third kappa shape index (κ3) is 33.3. The molecular formula is C102H149N29O15S2. The highest BCUT2D eigenvalue weighted by Gasteiger charge is 2.45. The summed E-state index contributed by atoms with van der Waals surface area (Å²) in [5, 5.41) is 57.6. The highest BCUT2D eigenvalue weighted by Crippen LogP contribution is 2.30. The molecule has 0 unspecified atom stereocenters. The van der Waals surface area contributed by atoms with E-state index in [2.05, 4.69) is 120 Å². The van der Waals surface area contributed by atoms with Crippen LogP contribution in [0.3, 0.4) is 0 Å². The van der Waals surface area contributed by atoms with Crippen LogP contribution in [-0.4, -0.2) is 278 Å². The number of nitrogens with one attached hydrogen (secondary N) is 20. The summed E-state index contributed by atoms with van der Waals surface area (Å²) in [7, 11) is 0. The van der Waals surface area contributed by atoms with Crippen molar-refractivity contribution in [3.05, 3.63) is 144 Å². The van der Waals surface area contributed by atoms with Crippen molar-refractivity contribution in [2.24, 2.45) is 52.0 Å². The van der Waals surface area contributed by atoms with Crippen molar-refractivity contribution >= 4 is 169 Å². The quantitative estimate of drug-likeness (QED) is 0.0106. The van der Waals surface area contributed by atoms with Gasteiger partial charge in [-0.3, -0.25) is 82.7 Å². The summed E-state index contributed by atoms with van der Waals surface area (Å²) < 4.78 is 0. The Bertz CT molecular complexity index is 5890. The fourth-order valence-electron chi connectivity index (χ4n) is 18.7. The number of para-hydroxylation sites is 4. The predicted molar refractivity (Wildman–Crippen MR) is 571 cm³/mol. The second-order valence-corrected chi connectivity index (χ2v) is 39.2. The number of likely N-dealkylation sites (tertiary alicyclic amines) is 2. The van der Waals surface area contributed by atoms with E-state index in [1.165, 1.54) is 9.80 Å². The van der Waals surface area contributed by atoms with Crippen LogP contribution in [0.4, 0.5) is 0 Å². The molecular weight excluding hydrogens is 1940 g/mol. The molecule has 15 amide bonds. The summed E-state index contributed by atoms with van der Waals surface area (Å²) in [5.74, 6) is -13.3. The number of benzene rings is 4. The van der Waals surface area contributed by atoms with Crippen LogP contribution >= 0.6 is 25.3 Å². The molecule has 8 aromatic rings. The molecule has 0 bridgehead atoms. The first kappa shape index (κ1) is 116. The van der Waals surface area contributed by atoms with Gasteiger partial charge in [-0.15, -0.1) is 0 Å². The summed E-state index contributed by atoms with van der Waals surface area (Å²) >= 11 is 8.68. The number of guanidine groups is 2. The number of unbranched alkanes of at least 4 members (excludes halogenated alkanes) is 3. The third-order valence-corrected chi connectivity index (χ3v) is 27.8. The van der Waals surface area contributed by atoms with E-state index in [1.807, 2.05) is 113 Å². The van der Waals surface area contributed by atoms with Gasteiger partial charge in [0.1, 0.15) is 84.6 Å². The normalized spacial score (nSPS) is 16.4. The summed E-state index contributed by atoms with van der Waals surface area (Å²) in [6.45, 7) is 8.21. The van der Waals surface area contributed by atoms with E-state index in [9.17, 15) is 28.8 Å². The second kappa shape index (κ2) is 58.1. The molecule has 148 heavy (non-hydrogen) atoms. The van der Waals surface area contributed by atoms with E-state index in [0.717, 1.165) is 5.39 Å². The molecule has 2 aliphatic rings. The highest BCUT2D eigenvalue weighted by molar-refractivity contribution is 7.80. The molecule has 0 radical (unpaired) electrons. The number of aromatic amines is 4. The Morgan fingerprint density at radius 3 is 0.959 bits per heavy atom. The van der Waals surface area contributed by atoms with Crippen LogP contribution in [0, 0.1) is 22.7 Å². The van der Waals surface area contributed by atoms with Crippen LogP contribution in [0.5, 0.6) is 0 Å². The minimum Gasteiger partial charge on any atom is -0.370 e. The number of hydrogen-bond donors (Lipinski definition) is 29. The van der Waals surface area contributed by atoms with Crippen LogP contribution in [0.15, 0.2) is 122 Å². The topological polar surface area (TPSA) is 724 Å². The van der Waals surface area contributed by atoms with E-state index >= 15 is 43.2 Å². The summed E-state index contributed by atoms with van der Waals surface area (Å²) in [6.07, 6.45) is 10.0. The first-order valence-electron chi connectivity index (χ1n) is 51.1. The molecule has 0 aliphatic carbocycles. The Balaban J connectivity index is 0.931. The van der Waals surface area contributed by atoms with Gasteiger partial charge in [0.25, 0.3) is 0 Å². The third-order valence-electron chi connectivity index (χ3n) is 27.1. The molecule has 16 atom stereocenters. The van der Waals surface area contributed by atoms with Gasteiger partial charge in [-0.05, 0) is 194 Å². The Morgan fingerprint density at radius 1 is 0.365 bits per heavy atom. The van der Waals surface area contributed by atoms with Crippen LogP contribution in [0.2, 0.25) is 0 Å². The summed E-state index contributed by atoms with van der Waals surface area (Å²) in [4.78, 5) is 239. The van der Waals surface area contributed by atoms with Gasteiger partial charge < -0.3 is 144 Å².